The van der Waals surface area contributed by atoms with E-state index in [1.54, 1.807) is 30.3 Å². The predicted octanol–water partition coefficient (Wildman–Crippen LogP) is 5.44. The second-order valence-electron chi connectivity index (χ2n) is 5.13. The molecule has 25 heavy (non-hydrogen) atoms. The van der Waals surface area contributed by atoms with Crippen LogP contribution < -0.4 is 10.1 Å². The molecule has 0 bridgehead atoms. The van der Waals surface area contributed by atoms with Crippen molar-refractivity contribution in [2.24, 2.45) is 0 Å². The van der Waals surface area contributed by atoms with Crippen LogP contribution in [-0.2, 0) is 4.79 Å². The monoisotopic (exact) mass is 418 g/mol. The topological polar surface area (TPSA) is 62.1 Å². The second-order valence-corrected chi connectivity index (χ2v) is 6.46. The van der Waals surface area contributed by atoms with Gasteiger partial charge in [0, 0.05) is 10.0 Å². The minimum atomic E-state index is -0.531. The van der Waals surface area contributed by atoms with Crippen molar-refractivity contribution in [1.29, 1.82) is 5.26 Å². The number of anilines is 1. The number of carbonyl (C=O) groups is 1. The molecule has 0 aliphatic heterocycles. The van der Waals surface area contributed by atoms with Gasteiger partial charge in [0.1, 0.15) is 17.4 Å². The summed E-state index contributed by atoms with van der Waals surface area (Å²) < 4.78 is 6.45. The van der Waals surface area contributed by atoms with Crippen LogP contribution in [0, 0.1) is 11.3 Å². The van der Waals surface area contributed by atoms with Crippen LogP contribution in [0.1, 0.15) is 18.9 Å². The molecule has 2 aromatic rings. The fourth-order valence-corrected chi connectivity index (χ4v) is 2.75. The van der Waals surface area contributed by atoms with Crippen LogP contribution in [0.25, 0.3) is 6.08 Å². The summed E-state index contributed by atoms with van der Waals surface area (Å²) in [5.74, 6) is 0.101. The Bertz CT molecular complexity index is 844. The summed E-state index contributed by atoms with van der Waals surface area (Å²) in [5.41, 5.74) is 1.07. The summed E-state index contributed by atoms with van der Waals surface area (Å²) in [5, 5.41) is 12.4. The minimum absolute atomic E-state index is 0.0356. The Morgan fingerprint density at radius 3 is 2.80 bits per heavy atom. The number of nitrogens with one attached hydrogen (secondary N) is 1. The average Bonchev–Trinajstić information content (AvgIpc) is 2.61. The van der Waals surface area contributed by atoms with E-state index < -0.39 is 5.91 Å². The van der Waals surface area contributed by atoms with Crippen molar-refractivity contribution < 1.29 is 9.53 Å². The Kier molecular flexibility index (Phi) is 7.05. The number of benzene rings is 2. The fourth-order valence-electron chi connectivity index (χ4n) is 2.03. The minimum Gasteiger partial charge on any atom is -0.493 e. The van der Waals surface area contributed by atoms with Crippen LogP contribution in [0.15, 0.2) is 52.5 Å². The van der Waals surface area contributed by atoms with Crippen molar-refractivity contribution in [3.63, 3.8) is 0 Å². The molecule has 6 heteroatoms. The second kappa shape index (κ2) is 9.26. The number of nitrogens with zero attached hydrogens (tertiary/aromatic N) is 1. The van der Waals surface area contributed by atoms with Crippen LogP contribution >= 0.6 is 27.5 Å². The number of ether oxygens (including phenoxy) is 1. The number of nitriles is 1. The molecule has 4 nitrogen and oxygen atoms in total. The van der Waals surface area contributed by atoms with Crippen LogP contribution in [0.3, 0.4) is 0 Å². The molecule has 0 saturated carbocycles. The van der Waals surface area contributed by atoms with E-state index in [4.69, 9.17) is 16.3 Å². The van der Waals surface area contributed by atoms with E-state index in [-0.39, 0.29) is 5.57 Å². The van der Waals surface area contributed by atoms with Crippen LogP contribution in [0.5, 0.6) is 5.75 Å². The number of para-hydroxylation sites is 1. The van der Waals surface area contributed by atoms with Crippen molar-refractivity contribution in [3.8, 4) is 11.8 Å². The Labute approximate surface area is 160 Å². The highest BCUT2D eigenvalue weighted by atomic mass is 79.9. The van der Waals surface area contributed by atoms with Gasteiger partial charge in [0.05, 0.1) is 17.3 Å². The van der Waals surface area contributed by atoms with Crippen molar-refractivity contribution in [3.05, 3.63) is 63.1 Å². The zero-order valence-corrected chi connectivity index (χ0v) is 15.9. The quantitative estimate of drug-likeness (QED) is 0.501. The van der Waals surface area contributed by atoms with Gasteiger partial charge in [0.15, 0.2) is 0 Å². The van der Waals surface area contributed by atoms with Gasteiger partial charge in [-0.05, 0) is 36.8 Å². The molecule has 0 spiro atoms. The third kappa shape index (κ3) is 5.35. The van der Waals surface area contributed by atoms with Crippen LogP contribution in [-0.4, -0.2) is 12.5 Å². The average molecular weight is 420 g/mol. The molecule has 2 rings (SSSR count). The number of hydrogen-bond acceptors (Lipinski definition) is 3. The number of hydrogen-bond donors (Lipinski definition) is 1. The molecule has 0 fully saturated rings. The summed E-state index contributed by atoms with van der Waals surface area (Å²) in [4.78, 5) is 12.4. The van der Waals surface area contributed by atoms with Crippen molar-refractivity contribution >= 4 is 45.2 Å². The van der Waals surface area contributed by atoms with E-state index in [1.165, 1.54) is 6.08 Å². The predicted molar refractivity (Wildman–Crippen MR) is 104 cm³/mol. The summed E-state index contributed by atoms with van der Waals surface area (Å²) >= 11 is 9.40. The van der Waals surface area contributed by atoms with Gasteiger partial charge in [0.25, 0.3) is 5.91 Å². The Morgan fingerprint density at radius 2 is 2.12 bits per heavy atom. The molecular weight excluding hydrogens is 404 g/mol. The lowest BCUT2D eigenvalue weighted by molar-refractivity contribution is -0.112. The molecule has 0 aromatic heterocycles. The lowest BCUT2D eigenvalue weighted by atomic mass is 10.1. The standard InChI is InChI=1S/C19H16BrClN2O2/c1-2-9-25-18-6-4-3-5-13(18)10-14(12-22)19(24)23-17-8-7-15(20)11-16(17)21/h3-8,10-11H,2,9H2,1H3,(H,23,24)/b14-10+. The maximum Gasteiger partial charge on any atom is 0.266 e. The molecular formula is C19H16BrClN2O2. The van der Waals surface area contributed by atoms with Gasteiger partial charge in [-0.2, -0.15) is 5.26 Å². The lowest BCUT2D eigenvalue weighted by Gasteiger charge is -2.09. The molecule has 0 aliphatic carbocycles. The smallest absolute Gasteiger partial charge is 0.266 e. The van der Waals surface area contributed by atoms with Gasteiger partial charge in [-0.1, -0.05) is 52.7 Å². The molecule has 0 heterocycles. The summed E-state index contributed by atoms with van der Waals surface area (Å²) in [6, 6.07) is 14.3. The molecule has 1 N–H and O–H groups in total. The van der Waals surface area contributed by atoms with Gasteiger partial charge in [0.2, 0.25) is 0 Å². The zero-order chi connectivity index (χ0) is 18.2. The summed E-state index contributed by atoms with van der Waals surface area (Å²) in [6.07, 6.45) is 2.37. The first-order chi connectivity index (χ1) is 12.0. The highest BCUT2D eigenvalue weighted by Crippen LogP contribution is 2.26. The van der Waals surface area contributed by atoms with Crippen molar-refractivity contribution in [1.82, 2.24) is 0 Å². The molecule has 0 radical (unpaired) electrons. The van der Waals surface area contributed by atoms with E-state index in [1.807, 2.05) is 25.1 Å². The van der Waals surface area contributed by atoms with Crippen LogP contribution in [0.2, 0.25) is 5.02 Å². The van der Waals surface area contributed by atoms with E-state index in [0.29, 0.717) is 28.6 Å². The maximum absolute atomic E-state index is 12.4. The summed E-state index contributed by atoms with van der Waals surface area (Å²) in [6.45, 7) is 2.57. The molecule has 1 amide bonds. The molecule has 128 valence electrons. The number of amides is 1. The Balaban J connectivity index is 2.25. The van der Waals surface area contributed by atoms with Crippen molar-refractivity contribution in [2.75, 3.05) is 11.9 Å². The Morgan fingerprint density at radius 1 is 1.36 bits per heavy atom. The zero-order valence-electron chi connectivity index (χ0n) is 13.6. The van der Waals surface area contributed by atoms with E-state index in [9.17, 15) is 10.1 Å². The van der Waals surface area contributed by atoms with Crippen molar-refractivity contribution in [2.45, 2.75) is 13.3 Å². The van der Waals surface area contributed by atoms with E-state index in [0.717, 1.165) is 10.9 Å². The third-order valence-corrected chi connectivity index (χ3v) is 4.03. The molecule has 2 aromatic carbocycles. The largest absolute Gasteiger partial charge is 0.493 e. The van der Waals surface area contributed by atoms with Crippen LogP contribution in [0.4, 0.5) is 5.69 Å². The first-order valence-corrected chi connectivity index (χ1v) is 8.82. The fraction of sp³-hybridized carbons (Fsp3) is 0.158. The Hall–Kier alpha value is -2.29. The van der Waals surface area contributed by atoms with Gasteiger partial charge < -0.3 is 10.1 Å². The van der Waals surface area contributed by atoms with Gasteiger partial charge >= 0.3 is 0 Å². The summed E-state index contributed by atoms with van der Waals surface area (Å²) in [7, 11) is 0. The number of carbonyl (C=O) groups excluding carboxylic acids is 1. The first kappa shape index (κ1) is 19.0. The molecule has 0 unspecified atom stereocenters. The molecule has 0 saturated heterocycles. The SMILES string of the molecule is CCCOc1ccccc1/C=C(\C#N)C(=O)Nc1ccc(Br)cc1Cl. The molecule has 0 aliphatic rings. The van der Waals surface area contributed by atoms with E-state index >= 15 is 0 Å². The van der Waals surface area contributed by atoms with Gasteiger partial charge in [-0.25, -0.2) is 0 Å². The number of rotatable bonds is 6. The van der Waals surface area contributed by atoms with Gasteiger partial charge in [-0.15, -0.1) is 0 Å². The maximum atomic E-state index is 12.4. The normalized spacial score (nSPS) is 10.9. The van der Waals surface area contributed by atoms with Gasteiger partial charge in [-0.3, -0.25) is 4.79 Å². The first-order valence-electron chi connectivity index (χ1n) is 7.65. The molecule has 0 atom stereocenters. The lowest BCUT2D eigenvalue weighted by Crippen LogP contribution is -2.13. The number of halogens is 2. The highest BCUT2D eigenvalue weighted by Gasteiger charge is 2.13. The highest BCUT2D eigenvalue weighted by molar-refractivity contribution is 9.10. The van der Waals surface area contributed by atoms with E-state index in [2.05, 4.69) is 21.2 Å². The third-order valence-electron chi connectivity index (χ3n) is 3.22.